The molecule has 0 saturated carbocycles. The summed E-state index contributed by atoms with van der Waals surface area (Å²) in [5.74, 6) is 0.0496. The Morgan fingerprint density at radius 2 is 1.87 bits per heavy atom. The molecule has 1 aromatic heterocycles. The van der Waals surface area contributed by atoms with E-state index in [2.05, 4.69) is 4.98 Å². The van der Waals surface area contributed by atoms with Gasteiger partial charge in [-0.2, -0.15) is 0 Å². The fraction of sp³-hybridized carbons (Fsp3) is 0.500. The smallest absolute Gasteiger partial charge is 0.261 e. The van der Waals surface area contributed by atoms with Crippen molar-refractivity contribution in [2.75, 3.05) is 13.1 Å². The van der Waals surface area contributed by atoms with Crippen molar-refractivity contribution in [2.45, 2.75) is 45.1 Å². The summed E-state index contributed by atoms with van der Waals surface area (Å²) >= 11 is 0. The molecule has 0 N–H and O–H groups in total. The summed E-state index contributed by atoms with van der Waals surface area (Å²) < 4.78 is 1.51. The number of hydrogen-bond donors (Lipinski definition) is 0. The van der Waals surface area contributed by atoms with Crippen LogP contribution in [0.15, 0.2) is 35.4 Å². The van der Waals surface area contributed by atoms with Crippen molar-refractivity contribution in [3.05, 3.63) is 40.9 Å². The maximum Gasteiger partial charge on any atom is 0.261 e. The first-order chi connectivity index (χ1) is 11.2. The molecule has 0 aliphatic carbocycles. The Bertz CT molecular complexity index is 745. The third-order valence-corrected chi connectivity index (χ3v) is 4.62. The van der Waals surface area contributed by atoms with Crippen molar-refractivity contribution in [2.24, 2.45) is 0 Å². The van der Waals surface area contributed by atoms with Crippen LogP contribution in [0.1, 0.15) is 45.1 Å². The van der Waals surface area contributed by atoms with E-state index in [1.165, 1.54) is 23.7 Å². The highest BCUT2D eigenvalue weighted by Crippen LogP contribution is 2.18. The normalized spacial score (nSPS) is 17.0. The average molecular weight is 313 g/mol. The lowest BCUT2D eigenvalue weighted by molar-refractivity contribution is -0.135. The van der Waals surface area contributed by atoms with Gasteiger partial charge in [-0.15, -0.1) is 0 Å². The zero-order valence-electron chi connectivity index (χ0n) is 13.6. The van der Waals surface area contributed by atoms with Crippen LogP contribution >= 0.6 is 0 Å². The van der Waals surface area contributed by atoms with Crippen LogP contribution in [0.5, 0.6) is 0 Å². The van der Waals surface area contributed by atoms with Crippen LogP contribution in [-0.2, 0) is 4.79 Å². The average Bonchev–Trinajstić information content (AvgIpc) is 2.87. The second-order valence-electron chi connectivity index (χ2n) is 6.14. The standard InChI is InChI=1S/C18H23N3O2/c1-2-16(18(23)20-11-7-3-4-8-12-20)21-13-19-15-10-6-5-9-14(15)17(21)22/h5-6,9-10,13,16H,2-4,7-8,11-12H2,1H3/t16-/m0/s1. The Hall–Kier alpha value is -2.17. The van der Waals surface area contributed by atoms with Gasteiger partial charge in [0.1, 0.15) is 6.04 Å². The highest BCUT2D eigenvalue weighted by molar-refractivity contribution is 5.81. The van der Waals surface area contributed by atoms with E-state index < -0.39 is 6.04 Å². The molecule has 3 rings (SSSR count). The van der Waals surface area contributed by atoms with Gasteiger partial charge in [-0.05, 0) is 31.4 Å². The van der Waals surface area contributed by atoms with Gasteiger partial charge in [0.25, 0.3) is 5.56 Å². The Morgan fingerprint density at radius 1 is 1.17 bits per heavy atom. The molecule has 2 aromatic rings. The second-order valence-corrected chi connectivity index (χ2v) is 6.14. The fourth-order valence-electron chi connectivity index (χ4n) is 3.30. The summed E-state index contributed by atoms with van der Waals surface area (Å²) in [6.07, 6.45) is 6.57. The van der Waals surface area contributed by atoms with Crippen molar-refractivity contribution < 1.29 is 4.79 Å². The van der Waals surface area contributed by atoms with Crippen LogP contribution < -0.4 is 5.56 Å². The summed E-state index contributed by atoms with van der Waals surface area (Å²) in [5.41, 5.74) is 0.538. The van der Waals surface area contributed by atoms with Gasteiger partial charge in [-0.25, -0.2) is 4.98 Å². The molecule has 1 aromatic carbocycles. The predicted molar refractivity (Wildman–Crippen MR) is 90.4 cm³/mol. The first-order valence-corrected chi connectivity index (χ1v) is 8.47. The second kappa shape index (κ2) is 6.94. The number of fused-ring (bicyclic) bond motifs is 1. The maximum absolute atomic E-state index is 12.9. The number of aromatic nitrogens is 2. The number of nitrogens with zero attached hydrogens (tertiary/aromatic N) is 3. The lowest BCUT2D eigenvalue weighted by Crippen LogP contribution is -2.40. The van der Waals surface area contributed by atoms with Crippen LogP contribution in [0.3, 0.4) is 0 Å². The van der Waals surface area contributed by atoms with Crippen LogP contribution in [0.2, 0.25) is 0 Å². The van der Waals surface area contributed by atoms with Gasteiger partial charge in [0.05, 0.1) is 17.2 Å². The van der Waals surface area contributed by atoms with Crippen LogP contribution in [0.25, 0.3) is 10.9 Å². The van der Waals surface area contributed by atoms with E-state index in [-0.39, 0.29) is 11.5 Å². The molecule has 23 heavy (non-hydrogen) atoms. The molecule has 0 bridgehead atoms. The van der Waals surface area contributed by atoms with E-state index >= 15 is 0 Å². The molecular weight excluding hydrogens is 290 g/mol. The Labute approximate surface area is 135 Å². The van der Waals surface area contributed by atoms with Crippen molar-refractivity contribution in [3.8, 4) is 0 Å². The summed E-state index contributed by atoms with van der Waals surface area (Å²) in [5, 5.41) is 0.567. The number of para-hydroxylation sites is 1. The van der Waals surface area contributed by atoms with Crippen molar-refractivity contribution >= 4 is 16.8 Å². The number of likely N-dealkylation sites (tertiary alicyclic amines) is 1. The van der Waals surface area contributed by atoms with E-state index in [4.69, 9.17) is 0 Å². The lowest BCUT2D eigenvalue weighted by atomic mass is 10.1. The van der Waals surface area contributed by atoms with E-state index in [9.17, 15) is 9.59 Å². The summed E-state index contributed by atoms with van der Waals surface area (Å²) in [6, 6.07) is 6.81. The zero-order chi connectivity index (χ0) is 16.2. The minimum absolute atomic E-state index is 0.0496. The molecule has 1 aliphatic rings. The molecule has 0 unspecified atom stereocenters. The predicted octanol–water partition coefficient (Wildman–Crippen LogP) is 2.75. The first-order valence-electron chi connectivity index (χ1n) is 8.47. The molecule has 1 fully saturated rings. The zero-order valence-corrected chi connectivity index (χ0v) is 13.6. The van der Waals surface area contributed by atoms with Crippen LogP contribution in [-0.4, -0.2) is 33.4 Å². The third kappa shape index (κ3) is 3.14. The molecule has 0 spiro atoms. The number of hydrogen-bond acceptors (Lipinski definition) is 3. The molecule has 1 aliphatic heterocycles. The van der Waals surface area contributed by atoms with E-state index in [0.29, 0.717) is 17.3 Å². The van der Waals surface area contributed by atoms with Gasteiger partial charge < -0.3 is 4.90 Å². The minimum atomic E-state index is -0.460. The van der Waals surface area contributed by atoms with Gasteiger partial charge >= 0.3 is 0 Å². The Balaban J connectivity index is 1.95. The molecular formula is C18H23N3O2. The summed E-state index contributed by atoms with van der Waals surface area (Å²) in [4.78, 5) is 31.9. The topological polar surface area (TPSA) is 55.2 Å². The highest BCUT2D eigenvalue weighted by atomic mass is 16.2. The molecule has 2 heterocycles. The van der Waals surface area contributed by atoms with E-state index in [1.54, 1.807) is 6.07 Å². The number of carbonyl (C=O) groups is 1. The first kappa shape index (κ1) is 15.7. The van der Waals surface area contributed by atoms with Gasteiger partial charge in [-0.3, -0.25) is 14.2 Å². The molecule has 5 nitrogen and oxygen atoms in total. The molecule has 5 heteroatoms. The van der Waals surface area contributed by atoms with Crippen molar-refractivity contribution in [3.63, 3.8) is 0 Å². The van der Waals surface area contributed by atoms with Gasteiger partial charge in [0.15, 0.2) is 0 Å². The molecule has 1 saturated heterocycles. The largest absolute Gasteiger partial charge is 0.341 e. The molecule has 1 atom stereocenters. The van der Waals surface area contributed by atoms with Gasteiger partial charge in [-0.1, -0.05) is 31.9 Å². The summed E-state index contributed by atoms with van der Waals surface area (Å²) in [6.45, 7) is 3.54. The molecule has 0 radical (unpaired) electrons. The van der Waals surface area contributed by atoms with Crippen molar-refractivity contribution in [1.82, 2.24) is 14.5 Å². The van der Waals surface area contributed by atoms with Crippen LogP contribution in [0, 0.1) is 0 Å². The quantitative estimate of drug-likeness (QED) is 0.875. The van der Waals surface area contributed by atoms with E-state index in [0.717, 1.165) is 25.9 Å². The Kier molecular flexibility index (Phi) is 4.74. The van der Waals surface area contributed by atoms with Gasteiger partial charge in [0, 0.05) is 13.1 Å². The SMILES string of the molecule is CC[C@@H](C(=O)N1CCCCCC1)n1cnc2ccccc2c1=O. The van der Waals surface area contributed by atoms with Crippen molar-refractivity contribution in [1.29, 1.82) is 0 Å². The summed E-state index contributed by atoms with van der Waals surface area (Å²) in [7, 11) is 0. The van der Waals surface area contributed by atoms with E-state index in [1.807, 2.05) is 30.0 Å². The Morgan fingerprint density at radius 3 is 2.57 bits per heavy atom. The number of benzene rings is 1. The highest BCUT2D eigenvalue weighted by Gasteiger charge is 2.26. The third-order valence-electron chi connectivity index (χ3n) is 4.62. The minimum Gasteiger partial charge on any atom is -0.341 e. The molecule has 1 amide bonds. The number of rotatable bonds is 3. The lowest BCUT2D eigenvalue weighted by Gasteiger charge is -2.26. The fourth-order valence-corrected chi connectivity index (χ4v) is 3.30. The molecule has 122 valence electrons. The van der Waals surface area contributed by atoms with Gasteiger partial charge in [0.2, 0.25) is 5.91 Å². The maximum atomic E-state index is 12.9. The number of amides is 1. The monoisotopic (exact) mass is 313 g/mol. The van der Waals surface area contributed by atoms with Crippen LogP contribution in [0.4, 0.5) is 0 Å². The number of carbonyl (C=O) groups excluding carboxylic acids is 1.